The summed E-state index contributed by atoms with van der Waals surface area (Å²) in [6.45, 7) is 1.83. The molecule has 0 saturated carbocycles. The van der Waals surface area contributed by atoms with Crippen molar-refractivity contribution in [3.8, 4) is 11.8 Å². The first kappa shape index (κ1) is 15.4. The van der Waals surface area contributed by atoms with Crippen LogP contribution in [0.5, 0.6) is 0 Å². The van der Waals surface area contributed by atoms with E-state index in [1.165, 1.54) is 4.80 Å². The Morgan fingerprint density at radius 3 is 2.62 bits per heavy atom. The molecule has 3 rings (SSSR count). The highest BCUT2D eigenvalue weighted by Gasteiger charge is 2.12. The van der Waals surface area contributed by atoms with E-state index >= 15 is 0 Å². The summed E-state index contributed by atoms with van der Waals surface area (Å²) in [5.74, 6) is -0.318. The van der Waals surface area contributed by atoms with Gasteiger partial charge >= 0.3 is 0 Å². The molecule has 0 aromatic carbocycles. The van der Waals surface area contributed by atoms with Gasteiger partial charge in [-0.2, -0.15) is 15.5 Å². The van der Waals surface area contributed by atoms with Crippen molar-refractivity contribution in [3.63, 3.8) is 0 Å². The van der Waals surface area contributed by atoms with Gasteiger partial charge in [-0.05, 0) is 19.1 Å². The largest absolute Gasteiger partial charge is 0.371 e. The fraction of sp³-hybridized carbons (Fsp3) is 0.133. The second kappa shape index (κ2) is 6.29. The number of hydrogen-bond donors (Lipinski definition) is 2. The number of halogens is 1. The second-order valence-electron chi connectivity index (χ2n) is 4.85. The van der Waals surface area contributed by atoms with E-state index in [0.29, 0.717) is 11.4 Å². The first-order valence-corrected chi connectivity index (χ1v) is 7.01. The van der Waals surface area contributed by atoms with Gasteiger partial charge in [0.15, 0.2) is 17.5 Å². The molecule has 0 fully saturated rings. The van der Waals surface area contributed by atoms with Crippen molar-refractivity contribution in [1.29, 1.82) is 5.26 Å². The molecule has 0 aliphatic carbocycles. The molecule has 0 bridgehead atoms. The summed E-state index contributed by atoms with van der Waals surface area (Å²) in [5, 5.41) is 23.0. The number of nitrogens with one attached hydrogen (secondary N) is 2. The monoisotopic (exact) mass is 324 g/mol. The van der Waals surface area contributed by atoms with E-state index in [9.17, 15) is 9.65 Å². The highest BCUT2D eigenvalue weighted by Crippen LogP contribution is 2.24. The second-order valence-corrected chi connectivity index (χ2v) is 4.85. The zero-order chi connectivity index (χ0) is 17.1. The fourth-order valence-electron chi connectivity index (χ4n) is 2.11. The molecule has 0 amide bonds. The summed E-state index contributed by atoms with van der Waals surface area (Å²) in [4.78, 5) is 9.81. The van der Waals surface area contributed by atoms with Gasteiger partial charge in [0.05, 0.1) is 35.5 Å². The number of aromatic nitrogens is 5. The summed E-state index contributed by atoms with van der Waals surface area (Å²) in [5.41, 5.74) is 2.08. The number of nitrogens with zero attached hydrogens (tertiary/aromatic N) is 6. The number of rotatable bonds is 4. The molecule has 0 radical (unpaired) electrons. The Kier molecular flexibility index (Phi) is 4.03. The van der Waals surface area contributed by atoms with Crippen LogP contribution < -0.4 is 10.6 Å². The maximum Gasteiger partial charge on any atom is 0.166 e. The summed E-state index contributed by atoms with van der Waals surface area (Å²) in [6, 6.07) is 4.81. The summed E-state index contributed by atoms with van der Waals surface area (Å²) >= 11 is 0. The van der Waals surface area contributed by atoms with E-state index in [1.807, 2.05) is 13.0 Å². The van der Waals surface area contributed by atoms with Gasteiger partial charge in [0, 0.05) is 7.05 Å². The molecular formula is C15H13FN8. The van der Waals surface area contributed by atoms with Crippen molar-refractivity contribution < 1.29 is 4.39 Å². The topological polar surface area (TPSA) is 104 Å². The zero-order valence-electron chi connectivity index (χ0n) is 12.9. The maximum absolute atomic E-state index is 13.7. The normalized spacial score (nSPS) is 10.2. The van der Waals surface area contributed by atoms with Crippen LogP contribution in [0.1, 0.15) is 11.3 Å². The molecule has 0 atom stereocenters. The third-order valence-corrected chi connectivity index (χ3v) is 3.29. The average Bonchev–Trinajstić information content (AvgIpc) is 3.12. The molecule has 0 aliphatic heterocycles. The first-order chi connectivity index (χ1) is 11.6. The van der Waals surface area contributed by atoms with Crippen molar-refractivity contribution in [1.82, 2.24) is 25.0 Å². The zero-order valence-corrected chi connectivity index (χ0v) is 12.9. The smallest absolute Gasteiger partial charge is 0.166 e. The van der Waals surface area contributed by atoms with E-state index in [2.05, 4.69) is 30.8 Å². The first-order valence-electron chi connectivity index (χ1n) is 7.01. The van der Waals surface area contributed by atoms with Gasteiger partial charge in [-0.25, -0.2) is 9.37 Å². The highest BCUT2D eigenvalue weighted by molar-refractivity contribution is 5.66. The molecule has 0 spiro atoms. The Morgan fingerprint density at radius 2 is 1.96 bits per heavy atom. The van der Waals surface area contributed by atoms with Gasteiger partial charge in [0.25, 0.3) is 0 Å². The molecule has 3 heterocycles. The van der Waals surface area contributed by atoms with Gasteiger partial charge in [-0.15, -0.1) is 4.80 Å². The lowest BCUT2D eigenvalue weighted by atomic mass is 10.2. The van der Waals surface area contributed by atoms with Crippen LogP contribution in [0.25, 0.3) is 5.69 Å². The van der Waals surface area contributed by atoms with Crippen molar-refractivity contribution in [3.05, 3.63) is 47.8 Å². The van der Waals surface area contributed by atoms with Crippen LogP contribution in [-0.4, -0.2) is 32.0 Å². The van der Waals surface area contributed by atoms with Crippen LogP contribution in [0.4, 0.5) is 21.7 Å². The number of aryl methyl sites for hydroxylation is 1. The Balaban J connectivity index is 2.00. The van der Waals surface area contributed by atoms with Crippen LogP contribution in [0, 0.1) is 24.1 Å². The molecule has 0 unspecified atom stereocenters. The number of anilines is 3. The summed E-state index contributed by atoms with van der Waals surface area (Å²) < 4.78 is 13.7. The van der Waals surface area contributed by atoms with Crippen LogP contribution in [0.2, 0.25) is 0 Å². The van der Waals surface area contributed by atoms with Crippen molar-refractivity contribution >= 4 is 17.3 Å². The van der Waals surface area contributed by atoms with Gasteiger partial charge in [0.1, 0.15) is 11.8 Å². The maximum atomic E-state index is 13.7. The van der Waals surface area contributed by atoms with Crippen molar-refractivity contribution in [2.45, 2.75) is 6.92 Å². The van der Waals surface area contributed by atoms with E-state index in [-0.39, 0.29) is 17.2 Å². The lowest BCUT2D eigenvalue weighted by Gasteiger charge is -2.11. The Bertz CT molecular complexity index is 914. The minimum absolute atomic E-state index is 0.0468. The predicted octanol–water partition coefficient (Wildman–Crippen LogP) is 2.16. The molecule has 120 valence electrons. The standard InChI is InChI=1S/C15H13FN8/c1-9-13(24-20-3-4-21-24)6-11(8-19-9)22-14-10(7-17)5-12(16)15(18-2)23-14/h3-6,8H,1-2H3,(H2,18,22,23). The molecule has 0 aliphatic rings. The summed E-state index contributed by atoms with van der Waals surface area (Å²) in [7, 11) is 1.55. The minimum atomic E-state index is -0.594. The molecule has 3 aromatic heterocycles. The third-order valence-electron chi connectivity index (χ3n) is 3.29. The van der Waals surface area contributed by atoms with Crippen LogP contribution in [0.15, 0.2) is 30.7 Å². The molecule has 24 heavy (non-hydrogen) atoms. The molecule has 0 saturated heterocycles. The van der Waals surface area contributed by atoms with Gasteiger partial charge in [-0.1, -0.05) is 0 Å². The third kappa shape index (κ3) is 2.85. The van der Waals surface area contributed by atoms with Crippen LogP contribution >= 0.6 is 0 Å². The highest BCUT2D eigenvalue weighted by atomic mass is 19.1. The molecule has 9 heteroatoms. The van der Waals surface area contributed by atoms with E-state index in [4.69, 9.17) is 0 Å². The number of nitriles is 1. The Morgan fingerprint density at radius 1 is 1.21 bits per heavy atom. The summed E-state index contributed by atoms with van der Waals surface area (Å²) in [6.07, 6.45) is 4.72. The van der Waals surface area contributed by atoms with Crippen LogP contribution in [-0.2, 0) is 0 Å². The Labute approximate surface area is 137 Å². The molecule has 2 N–H and O–H groups in total. The number of hydrogen-bond acceptors (Lipinski definition) is 7. The van der Waals surface area contributed by atoms with E-state index in [1.54, 1.807) is 31.7 Å². The molecular weight excluding hydrogens is 311 g/mol. The minimum Gasteiger partial charge on any atom is -0.371 e. The van der Waals surface area contributed by atoms with Gasteiger partial charge < -0.3 is 10.6 Å². The van der Waals surface area contributed by atoms with Crippen LogP contribution in [0.3, 0.4) is 0 Å². The molecule has 8 nitrogen and oxygen atoms in total. The fourth-order valence-corrected chi connectivity index (χ4v) is 2.11. The Hall–Kier alpha value is -3.54. The van der Waals surface area contributed by atoms with E-state index < -0.39 is 5.82 Å². The predicted molar refractivity (Wildman–Crippen MR) is 85.6 cm³/mol. The molecule has 3 aromatic rings. The van der Waals surface area contributed by atoms with Crippen molar-refractivity contribution in [2.75, 3.05) is 17.7 Å². The number of pyridine rings is 2. The van der Waals surface area contributed by atoms with Gasteiger partial charge in [-0.3, -0.25) is 4.98 Å². The lowest BCUT2D eigenvalue weighted by molar-refractivity contribution is 0.625. The SMILES string of the molecule is CNc1nc(Nc2cnc(C)c(-n3nccn3)c2)c(C#N)cc1F. The average molecular weight is 324 g/mol. The van der Waals surface area contributed by atoms with Crippen molar-refractivity contribution in [2.24, 2.45) is 0 Å². The quantitative estimate of drug-likeness (QED) is 0.757. The van der Waals surface area contributed by atoms with E-state index in [0.717, 1.165) is 11.8 Å². The van der Waals surface area contributed by atoms with Gasteiger partial charge in [0.2, 0.25) is 0 Å². The lowest BCUT2D eigenvalue weighted by Crippen LogP contribution is -2.06.